The van der Waals surface area contributed by atoms with E-state index in [0.29, 0.717) is 11.3 Å². The molecule has 0 unspecified atom stereocenters. The minimum absolute atomic E-state index is 0.0439. The Bertz CT molecular complexity index is 714. The van der Waals surface area contributed by atoms with E-state index < -0.39 is 15.8 Å². The Morgan fingerprint density at radius 2 is 1.84 bits per heavy atom. The standard InChI is InChI=1S/C13H13FN2O2S/c1-9-8-10(6-7-12(9)15)19(17,18)16-13-5-3-2-4-11(13)14/h2-8,16H,15H2,1H3. The Morgan fingerprint density at radius 3 is 2.47 bits per heavy atom. The predicted octanol–water partition coefficient (Wildman–Crippen LogP) is 2.52. The van der Waals surface area contributed by atoms with Gasteiger partial charge in [-0.3, -0.25) is 4.72 Å². The van der Waals surface area contributed by atoms with E-state index in [4.69, 9.17) is 5.73 Å². The van der Waals surface area contributed by atoms with Gasteiger partial charge < -0.3 is 5.73 Å². The van der Waals surface area contributed by atoms with Gasteiger partial charge in [-0.2, -0.15) is 0 Å². The lowest BCUT2D eigenvalue weighted by Crippen LogP contribution is -2.14. The summed E-state index contributed by atoms with van der Waals surface area (Å²) < 4.78 is 39.8. The zero-order valence-electron chi connectivity index (χ0n) is 10.2. The lowest BCUT2D eigenvalue weighted by molar-refractivity contribution is 0.598. The fraction of sp³-hybridized carbons (Fsp3) is 0.0769. The number of nitrogen functional groups attached to an aromatic ring is 1. The van der Waals surface area contributed by atoms with Crippen LogP contribution in [0.1, 0.15) is 5.56 Å². The monoisotopic (exact) mass is 280 g/mol. The third kappa shape index (κ3) is 2.85. The quantitative estimate of drug-likeness (QED) is 0.848. The van der Waals surface area contributed by atoms with Gasteiger partial charge in [0.25, 0.3) is 10.0 Å². The maximum atomic E-state index is 13.4. The smallest absolute Gasteiger partial charge is 0.261 e. The van der Waals surface area contributed by atoms with Crippen LogP contribution in [0.2, 0.25) is 0 Å². The first-order chi connectivity index (χ1) is 8.90. The third-order valence-corrected chi connectivity index (χ3v) is 4.03. The Kier molecular flexibility index (Phi) is 3.44. The molecule has 19 heavy (non-hydrogen) atoms. The molecule has 0 bridgehead atoms. The molecule has 0 radical (unpaired) electrons. The lowest BCUT2D eigenvalue weighted by atomic mass is 10.2. The highest BCUT2D eigenvalue weighted by molar-refractivity contribution is 7.92. The molecule has 0 aliphatic rings. The molecule has 0 fully saturated rings. The number of rotatable bonds is 3. The Morgan fingerprint density at radius 1 is 1.16 bits per heavy atom. The molecule has 6 heteroatoms. The molecular weight excluding hydrogens is 267 g/mol. The van der Waals surface area contributed by atoms with Crippen molar-refractivity contribution in [1.82, 2.24) is 0 Å². The third-order valence-electron chi connectivity index (χ3n) is 2.67. The summed E-state index contributed by atoms with van der Waals surface area (Å²) in [6, 6.07) is 9.91. The molecular formula is C13H13FN2O2S. The summed E-state index contributed by atoms with van der Waals surface area (Å²) in [5.74, 6) is -0.627. The van der Waals surface area contributed by atoms with Crippen molar-refractivity contribution in [3.05, 3.63) is 53.8 Å². The first-order valence-corrected chi connectivity index (χ1v) is 7.02. The van der Waals surface area contributed by atoms with Crippen LogP contribution in [0.25, 0.3) is 0 Å². The Hall–Kier alpha value is -2.08. The molecule has 2 rings (SSSR count). The zero-order chi connectivity index (χ0) is 14.0. The number of halogens is 1. The first-order valence-electron chi connectivity index (χ1n) is 5.53. The van der Waals surface area contributed by atoms with Gasteiger partial charge >= 0.3 is 0 Å². The van der Waals surface area contributed by atoms with Gasteiger partial charge in [0.05, 0.1) is 10.6 Å². The summed E-state index contributed by atoms with van der Waals surface area (Å²) >= 11 is 0. The van der Waals surface area contributed by atoms with E-state index in [-0.39, 0.29) is 10.6 Å². The number of nitrogens with two attached hydrogens (primary N) is 1. The second kappa shape index (κ2) is 4.89. The van der Waals surface area contributed by atoms with Crippen molar-refractivity contribution in [2.45, 2.75) is 11.8 Å². The van der Waals surface area contributed by atoms with Crippen LogP contribution in [0.3, 0.4) is 0 Å². The van der Waals surface area contributed by atoms with Gasteiger partial charge in [-0.05, 0) is 42.8 Å². The van der Waals surface area contributed by atoms with Crippen LogP contribution in [-0.4, -0.2) is 8.42 Å². The van der Waals surface area contributed by atoms with Crippen molar-refractivity contribution in [2.24, 2.45) is 0 Å². The van der Waals surface area contributed by atoms with Crippen LogP contribution in [0.5, 0.6) is 0 Å². The molecule has 0 aliphatic carbocycles. The molecule has 3 N–H and O–H groups in total. The SMILES string of the molecule is Cc1cc(S(=O)(=O)Nc2ccccc2F)ccc1N. The molecule has 0 aromatic heterocycles. The Labute approximate surface area is 111 Å². The highest BCUT2D eigenvalue weighted by atomic mass is 32.2. The van der Waals surface area contributed by atoms with Crippen LogP contribution >= 0.6 is 0 Å². The van der Waals surface area contributed by atoms with Crippen molar-refractivity contribution in [1.29, 1.82) is 0 Å². The number of sulfonamides is 1. The van der Waals surface area contributed by atoms with Crippen molar-refractivity contribution < 1.29 is 12.8 Å². The van der Waals surface area contributed by atoms with Gasteiger partial charge in [-0.1, -0.05) is 12.1 Å². The van der Waals surface area contributed by atoms with Crippen LogP contribution < -0.4 is 10.5 Å². The molecule has 0 atom stereocenters. The molecule has 100 valence electrons. The predicted molar refractivity (Wildman–Crippen MR) is 72.8 cm³/mol. The number of anilines is 2. The lowest BCUT2D eigenvalue weighted by Gasteiger charge is -2.10. The topological polar surface area (TPSA) is 72.2 Å². The van der Waals surface area contributed by atoms with Gasteiger partial charge in [0, 0.05) is 5.69 Å². The summed E-state index contributed by atoms with van der Waals surface area (Å²) in [5.41, 5.74) is 6.70. The second-order valence-corrected chi connectivity index (χ2v) is 5.79. The zero-order valence-corrected chi connectivity index (χ0v) is 11.0. The average molecular weight is 280 g/mol. The average Bonchev–Trinajstić information content (AvgIpc) is 2.35. The van der Waals surface area contributed by atoms with E-state index in [1.54, 1.807) is 13.0 Å². The van der Waals surface area contributed by atoms with E-state index in [2.05, 4.69) is 4.72 Å². The van der Waals surface area contributed by atoms with Crippen molar-refractivity contribution in [2.75, 3.05) is 10.5 Å². The van der Waals surface area contributed by atoms with Gasteiger partial charge in [0.15, 0.2) is 0 Å². The summed E-state index contributed by atoms with van der Waals surface area (Å²) in [6.07, 6.45) is 0. The number of hydrogen-bond donors (Lipinski definition) is 2. The highest BCUT2D eigenvalue weighted by Gasteiger charge is 2.16. The molecule has 0 saturated carbocycles. The van der Waals surface area contributed by atoms with Gasteiger partial charge in [-0.25, -0.2) is 12.8 Å². The van der Waals surface area contributed by atoms with Gasteiger partial charge in [0.2, 0.25) is 0 Å². The van der Waals surface area contributed by atoms with Crippen molar-refractivity contribution in [3.63, 3.8) is 0 Å². The number of nitrogens with one attached hydrogen (secondary N) is 1. The van der Waals surface area contributed by atoms with Crippen molar-refractivity contribution >= 4 is 21.4 Å². The largest absolute Gasteiger partial charge is 0.399 e. The molecule has 0 heterocycles. The normalized spacial score (nSPS) is 11.3. The second-order valence-electron chi connectivity index (χ2n) is 4.10. The summed E-state index contributed by atoms with van der Waals surface area (Å²) in [4.78, 5) is 0.0439. The number of para-hydroxylation sites is 1. The maximum Gasteiger partial charge on any atom is 0.261 e. The van der Waals surface area contributed by atoms with E-state index in [1.807, 2.05) is 0 Å². The van der Waals surface area contributed by atoms with E-state index in [0.717, 1.165) is 0 Å². The number of benzene rings is 2. The molecule has 0 saturated heterocycles. The number of aryl methyl sites for hydroxylation is 1. The van der Waals surface area contributed by atoms with E-state index >= 15 is 0 Å². The highest BCUT2D eigenvalue weighted by Crippen LogP contribution is 2.21. The number of hydrogen-bond acceptors (Lipinski definition) is 3. The minimum atomic E-state index is -3.82. The minimum Gasteiger partial charge on any atom is -0.399 e. The molecule has 4 nitrogen and oxygen atoms in total. The first kappa shape index (κ1) is 13.4. The molecule has 0 aliphatic heterocycles. The van der Waals surface area contributed by atoms with E-state index in [1.165, 1.54) is 36.4 Å². The van der Waals surface area contributed by atoms with E-state index in [9.17, 15) is 12.8 Å². The summed E-state index contributed by atoms with van der Waals surface area (Å²) in [6.45, 7) is 1.71. The summed E-state index contributed by atoms with van der Waals surface area (Å²) in [7, 11) is -3.82. The fourth-order valence-corrected chi connectivity index (χ4v) is 2.72. The molecule has 0 spiro atoms. The molecule has 2 aromatic rings. The van der Waals surface area contributed by atoms with Gasteiger partial charge in [-0.15, -0.1) is 0 Å². The van der Waals surface area contributed by atoms with Crippen molar-refractivity contribution in [3.8, 4) is 0 Å². The maximum absolute atomic E-state index is 13.4. The molecule has 2 aromatic carbocycles. The fourth-order valence-electron chi connectivity index (χ4n) is 1.56. The van der Waals surface area contributed by atoms with Crippen LogP contribution in [0, 0.1) is 12.7 Å². The summed E-state index contributed by atoms with van der Waals surface area (Å²) in [5, 5.41) is 0. The van der Waals surface area contributed by atoms with Crippen LogP contribution in [-0.2, 0) is 10.0 Å². The molecule has 0 amide bonds. The van der Waals surface area contributed by atoms with Gasteiger partial charge in [0.1, 0.15) is 5.82 Å². The Balaban J connectivity index is 2.38. The van der Waals surface area contributed by atoms with Crippen LogP contribution in [0.4, 0.5) is 15.8 Å². The van der Waals surface area contributed by atoms with Crippen LogP contribution in [0.15, 0.2) is 47.4 Å².